The number of anilines is 1. The van der Waals surface area contributed by atoms with Crippen molar-refractivity contribution in [2.24, 2.45) is 5.73 Å². The molecule has 2 aromatic rings. The summed E-state index contributed by atoms with van der Waals surface area (Å²) in [5, 5.41) is 5.24. The molecule has 5 amide bonds. The van der Waals surface area contributed by atoms with Gasteiger partial charge in [-0.2, -0.15) is 0 Å². The topological polar surface area (TPSA) is 131 Å². The Bertz CT molecular complexity index is 1080. The fourth-order valence-corrected chi connectivity index (χ4v) is 3.19. The third kappa shape index (κ3) is 4.77. The van der Waals surface area contributed by atoms with Gasteiger partial charge >= 0.3 is 6.03 Å². The minimum atomic E-state index is -1.31. The lowest BCUT2D eigenvalue weighted by Gasteiger charge is -2.22. The standard InChI is InChI=1S/C23H24N4O5/c1-14(2)13-32-18-10-6-16(7-11-18)23(3)21(30)27(22(31)26-23)12-19(28)25-17-8-4-15(5-9-17)20(24)29/h4-11H,1,12-13H2,2-3H3,(H2,24,29)(H,25,28)(H,26,31). The van der Waals surface area contributed by atoms with Gasteiger partial charge in [-0.25, -0.2) is 4.79 Å². The second-order valence-corrected chi connectivity index (χ2v) is 7.71. The maximum Gasteiger partial charge on any atom is 0.325 e. The van der Waals surface area contributed by atoms with E-state index in [1.807, 2.05) is 6.92 Å². The van der Waals surface area contributed by atoms with Gasteiger partial charge in [-0.1, -0.05) is 18.7 Å². The summed E-state index contributed by atoms with van der Waals surface area (Å²) in [4.78, 5) is 49.9. The number of urea groups is 1. The molecule has 32 heavy (non-hydrogen) atoms. The second kappa shape index (κ2) is 8.93. The van der Waals surface area contributed by atoms with Crippen molar-refractivity contribution >= 4 is 29.4 Å². The van der Waals surface area contributed by atoms with E-state index in [2.05, 4.69) is 17.2 Å². The van der Waals surface area contributed by atoms with Crippen molar-refractivity contribution in [2.45, 2.75) is 19.4 Å². The zero-order valence-corrected chi connectivity index (χ0v) is 17.8. The molecule has 1 heterocycles. The Morgan fingerprint density at radius 2 is 1.75 bits per heavy atom. The first-order valence-corrected chi connectivity index (χ1v) is 9.81. The Morgan fingerprint density at radius 3 is 2.31 bits per heavy atom. The molecule has 0 saturated carbocycles. The first-order valence-electron chi connectivity index (χ1n) is 9.81. The van der Waals surface area contributed by atoms with Gasteiger partial charge in [0.15, 0.2) is 0 Å². The third-order valence-electron chi connectivity index (χ3n) is 4.95. The van der Waals surface area contributed by atoms with E-state index in [0.717, 1.165) is 10.5 Å². The van der Waals surface area contributed by atoms with E-state index < -0.39 is 35.8 Å². The zero-order valence-electron chi connectivity index (χ0n) is 17.8. The largest absolute Gasteiger partial charge is 0.489 e. The molecule has 9 heteroatoms. The van der Waals surface area contributed by atoms with Crippen molar-refractivity contribution in [1.29, 1.82) is 0 Å². The second-order valence-electron chi connectivity index (χ2n) is 7.71. The van der Waals surface area contributed by atoms with E-state index in [9.17, 15) is 19.2 Å². The van der Waals surface area contributed by atoms with Crippen LogP contribution in [0.5, 0.6) is 5.75 Å². The van der Waals surface area contributed by atoms with Crippen LogP contribution in [0.1, 0.15) is 29.8 Å². The van der Waals surface area contributed by atoms with E-state index in [0.29, 0.717) is 29.2 Å². The van der Waals surface area contributed by atoms with E-state index in [4.69, 9.17) is 10.5 Å². The smallest absolute Gasteiger partial charge is 0.325 e. The summed E-state index contributed by atoms with van der Waals surface area (Å²) < 4.78 is 5.56. The van der Waals surface area contributed by atoms with Crippen LogP contribution in [-0.4, -0.2) is 41.8 Å². The Morgan fingerprint density at radius 1 is 1.12 bits per heavy atom. The van der Waals surface area contributed by atoms with Gasteiger partial charge in [0, 0.05) is 11.3 Å². The average Bonchev–Trinajstić information content (AvgIpc) is 2.97. The highest BCUT2D eigenvalue weighted by Gasteiger charge is 2.49. The molecular weight excluding hydrogens is 412 g/mol. The normalized spacial score (nSPS) is 17.6. The Labute approximate surface area is 185 Å². The lowest BCUT2D eigenvalue weighted by Crippen LogP contribution is -2.42. The van der Waals surface area contributed by atoms with Crippen LogP contribution in [0.25, 0.3) is 0 Å². The summed E-state index contributed by atoms with van der Waals surface area (Å²) in [6, 6.07) is 12.1. The number of hydrogen-bond donors (Lipinski definition) is 3. The average molecular weight is 436 g/mol. The first kappa shape index (κ1) is 22.5. The molecule has 1 fully saturated rings. The van der Waals surface area contributed by atoms with Crippen LogP contribution in [-0.2, 0) is 15.1 Å². The highest BCUT2D eigenvalue weighted by Crippen LogP contribution is 2.30. The predicted octanol–water partition coefficient (Wildman–Crippen LogP) is 2.15. The van der Waals surface area contributed by atoms with E-state index >= 15 is 0 Å². The molecule has 0 aliphatic carbocycles. The van der Waals surface area contributed by atoms with Crippen LogP contribution in [0.15, 0.2) is 60.7 Å². The van der Waals surface area contributed by atoms with E-state index in [-0.39, 0.29) is 0 Å². The number of nitrogens with two attached hydrogens (primary N) is 1. The van der Waals surface area contributed by atoms with Gasteiger partial charge in [-0.15, -0.1) is 0 Å². The molecule has 2 aromatic carbocycles. The number of nitrogens with zero attached hydrogens (tertiary/aromatic N) is 1. The van der Waals surface area contributed by atoms with Gasteiger partial charge in [0.25, 0.3) is 5.91 Å². The number of benzene rings is 2. The number of carbonyl (C=O) groups excluding carboxylic acids is 4. The molecule has 4 N–H and O–H groups in total. The molecule has 1 atom stereocenters. The highest BCUT2D eigenvalue weighted by molar-refractivity contribution is 6.10. The van der Waals surface area contributed by atoms with Crippen molar-refractivity contribution in [3.8, 4) is 5.75 Å². The number of hydrogen-bond acceptors (Lipinski definition) is 5. The molecule has 1 unspecified atom stereocenters. The fraction of sp³-hybridized carbons (Fsp3) is 0.217. The lowest BCUT2D eigenvalue weighted by molar-refractivity contribution is -0.133. The minimum Gasteiger partial charge on any atom is -0.489 e. The number of amides is 5. The van der Waals surface area contributed by atoms with E-state index in [1.165, 1.54) is 24.3 Å². The maximum atomic E-state index is 13.0. The molecule has 3 rings (SSSR count). The number of nitrogens with one attached hydrogen (secondary N) is 2. The summed E-state index contributed by atoms with van der Waals surface area (Å²) in [5.41, 5.74) is 6.00. The first-order chi connectivity index (χ1) is 15.1. The molecule has 166 valence electrons. The molecule has 0 aromatic heterocycles. The summed E-state index contributed by atoms with van der Waals surface area (Å²) in [5.74, 6) is -1.09. The minimum absolute atomic E-state index is 0.295. The van der Waals surface area contributed by atoms with Crippen LogP contribution in [0.3, 0.4) is 0 Å². The van der Waals surface area contributed by atoms with Crippen LogP contribution < -0.4 is 21.1 Å². The quantitative estimate of drug-likeness (QED) is 0.431. The molecule has 1 saturated heterocycles. The van der Waals surface area contributed by atoms with Gasteiger partial charge in [0.1, 0.15) is 24.4 Å². The molecule has 1 aliphatic heterocycles. The van der Waals surface area contributed by atoms with Crippen molar-refractivity contribution in [2.75, 3.05) is 18.5 Å². The van der Waals surface area contributed by atoms with Crippen molar-refractivity contribution in [3.63, 3.8) is 0 Å². The number of ether oxygens (including phenoxy) is 1. The summed E-state index contributed by atoms with van der Waals surface area (Å²) >= 11 is 0. The zero-order chi connectivity index (χ0) is 23.5. The van der Waals surface area contributed by atoms with Crippen molar-refractivity contribution in [3.05, 3.63) is 71.8 Å². The molecular formula is C23H24N4O5. The summed E-state index contributed by atoms with van der Waals surface area (Å²) in [7, 11) is 0. The number of carbonyl (C=O) groups is 4. The fourth-order valence-electron chi connectivity index (χ4n) is 3.19. The molecule has 1 aliphatic rings. The maximum absolute atomic E-state index is 13.0. The summed E-state index contributed by atoms with van der Waals surface area (Å²) in [6.07, 6.45) is 0. The van der Waals surface area contributed by atoms with Gasteiger partial charge in [-0.05, 0) is 61.4 Å². The predicted molar refractivity (Wildman–Crippen MR) is 118 cm³/mol. The Kier molecular flexibility index (Phi) is 6.29. The molecule has 9 nitrogen and oxygen atoms in total. The SMILES string of the molecule is C=C(C)COc1ccc(C2(C)NC(=O)N(CC(=O)Nc3ccc(C(N)=O)cc3)C2=O)cc1. The molecule has 0 radical (unpaired) electrons. The third-order valence-corrected chi connectivity index (χ3v) is 4.95. The van der Waals surface area contributed by atoms with Crippen molar-refractivity contribution in [1.82, 2.24) is 10.2 Å². The van der Waals surface area contributed by atoms with Gasteiger partial charge < -0.3 is 21.1 Å². The van der Waals surface area contributed by atoms with E-state index in [1.54, 1.807) is 31.2 Å². The van der Waals surface area contributed by atoms with Crippen LogP contribution in [0.4, 0.5) is 10.5 Å². The Hall–Kier alpha value is -4.14. The number of rotatable bonds is 8. The molecule has 0 spiro atoms. The van der Waals surface area contributed by atoms with Gasteiger partial charge in [-0.3, -0.25) is 19.3 Å². The Balaban J connectivity index is 1.67. The molecule has 0 bridgehead atoms. The van der Waals surface area contributed by atoms with Crippen LogP contribution in [0, 0.1) is 0 Å². The number of imide groups is 1. The van der Waals surface area contributed by atoms with Gasteiger partial charge in [0.05, 0.1) is 0 Å². The number of primary amides is 1. The lowest BCUT2D eigenvalue weighted by atomic mass is 9.92. The van der Waals surface area contributed by atoms with Crippen LogP contribution >= 0.6 is 0 Å². The monoisotopic (exact) mass is 436 g/mol. The van der Waals surface area contributed by atoms with Gasteiger partial charge in [0.2, 0.25) is 11.8 Å². The summed E-state index contributed by atoms with van der Waals surface area (Å²) in [6.45, 7) is 7.12. The highest BCUT2D eigenvalue weighted by atomic mass is 16.5. The van der Waals surface area contributed by atoms with Crippen molar-refractivity contribution < 1.29 is 23.9 Å². The van der Waals surface area contributed by atoms with Crippen LogP contribution in [0.2, 0.25) is 0 Å².